The molecule has 2 aromatic rings. The number of aryl methyl sites for hydroxylation is 1. The lowest BCUT2D eigenvalue weighted by Crippen LogP contribution is -2.29. The highest BCUT2D eigenvalue weighted by Crippen LogP contribution is 2.09. The van der Waals surface area contributed by atoms with E-state index < -0.39 is 0 Å². The van der Waals surface area contributed by atoms with Gasteiger partial charge >= 0.3 is 0 Å². The molecule has 18 heavy (non-hydrogen) atoms. The zero-order valence-corrected chi connectivity index (χ0v) is 11.1. The van der Waals surface area contributed by atoms with Gasteiger partial charge in [-0.3, -0.25) is 4.98 Å². The lowest BCUT2D eigenvalue weighted by molar-refractivity contribution is 0.555. The molecule has 2 nitrogen and oxygen atoms in total. The van der Waals surface area contributed by atoms with Gasteiger partial charge in [-0.1, -0.05) is 35.9 Å². The molecular formula is C16H20N2. The smallest absolute Gasteiger partial charge is 0.0300 e. The second-order valence-corrected chi connectivity index (χ2v) is 4.74. The number of hydrogen-bond donors (Lipinski definition) is 1. The molecule has 1 heterocycles. The number of benzene rings is 1. The van der Waals surface area contributed by atoms with Crippen molar-refractivity contribution in [2.75, 3.05) is 7.05 Å². The summed E-state index contributed by atoms with van der Waals surface area (Å²) >= 11 is 0. The maximum atomic E-state index is 4.16. The molecule has 0 aliphatic carbocycles. The first-order chi connectivity index (χ1) is 8.78. The summed E-state index contributed by atoms with van der Waals surface area (Å²) in [5.41, 5.74) is 3.97. The Morgan fingerprint density at radius 2 is 1.78 bits per heavy atom. The third-order valence-electron chi connectivity index (χ3n) is 3.22. The summed E-state index contributed by atoms with van der Waals surface area (Å²) in [6, 6.07) is 13.3. The van der Waals surface area contributed by atoms with Gasteiger partial charge in [0.15, 0.2) is 0 Å². The molecular weight excluding hydrogens is 220 g/mol. The molecule has 94 valence electrons. The summed E-state index contributed by atoms with van der Waals surface area (Å²) in [4.78, 5) is 4.16. The lowest BCUT2D eigenvalue weighted by atomic mass is 9.99. The highest BCUT2D eigenvalue weighted by molar-refractivity contribution is 5.22. The SMILES string of the molecule is CNC(Cc1ccc(C)cc1)Cc1cccnc1. The quantitative estimate of drug-likeness (QED) is 0.869. The first-order valence-corrected chi connectivity index (χ1v) is 6.39. The molecule has 0 bridgehead atoms. The molecule has 0 aliphatic rings. The molecule has 0 radical (unpaired) electrons. The summed E-state index contributed by atoms with van der Waals surface area (Å²) in [6.45, 7) is 2.12. The van der Waals surface area contributed by atoms with E-state index in [0.717, 1.165) is 12.8 Å². The van der Waals surface area contributed by atoms with Crippen LogP contribution in [0.3, 0.4) is 0 Å². The Labute approximate surface area is 109 Å². The third-order valence-corrected chi connectivity index (χ3v) is 3.22. The molecule has 1 N–H and O–H groups in total. The minimum Gasteiger partial charge on any atom is -0.316 e. The molecule has 0 amide bonds. The lowest BCUT2D eigenvalue weighted by Gasteiger charge is -2.16. The Bertz CT molecular complexity index is 462. The number of aromatic nitrogens is 1. The predicted molar refractivity (Wildman–Crippen MR) is 75.7 cm³/mol. The molecule has 1 aromatic carbocycles. The minimum absolute atomic E-state index is 0.455. The standard InChI is InChI=1S/C16H20N2/c1-13-5-7-14(8-6-13)10-16(17-2)11-15-4-3-9-18-12-15/h3-9,12,16-17H,10-11H2,1-2H3. The van der Waals surface area contributed by atoms with Gasteiger partial charge in [0, 0.05) is 18.4 Å². The number of hydrogen-bond acceptors (Lipinski definition) is 2. The number of rotatable bonds is 5. The largest absolute Gasteiger partial charge is 0.316 e. The Kier molecular flexibility index (Phi) is 4.48. The van der Waals surface area contributed by atoms with Gasteiger partial charge < -0.3 is 5.32 Å². The summed E-state index contributed by atoms with van der Waals surface area (Å²) in [5.74, 6) is 0. The van der Waals surface area contributed by atoms with Gasteiger partial charge in [0.1, 0.15) is 0 Å². The van der Waals surface area contributed by atoms with E-state index in [1.54, 1.807) is 0 Å². The molecule has 0 saturated carbocycles. The number of nitrogens with zero attached hydrogens (tertiary/aromatic N) is 1. The Morgan fingerprint density at radius 1 is 1.06 bits per heavy atom. The molecule has 1 atom stereocenters. The van der Waals surface area contributed by atoms with Gasteiger partial charge in [-0.05, 0) is 44.0 Å². The minimum atomic E-state index is 0.455. The number of likely N-dealkylation sites (N-methyl/N-ethyl adjacent to an activating group) is 1. The van der Waals surface area contributed by atoms with Crippen LogP contribution in [-0.2, 0) is 12.8 Å². The van der Waals surface area contributed by atoms with Crippen molar-refractivity contribution in [3.8, 4) is 0 Å². The van der Waals surface area contributed by atoms with E-state index >= 15 is 0 Å². The van der Waals surface area contributed by atoms with Crippen LogP contribution in [0.2, 0.25) is 0 Å². The van der Waals surface area contributed by atoms with Gasteiger partial charge in [0.05, 0.1) is 0 Å². The van der Waals surface area contributed by atoms with Crippen LogP contribution in [-0.4, -0.2) is 18.1 Å². The maximum Gasteiger partial charge on any atom is 0.0300 e. The van der Waals surface area contributed by atoms with Crippen molar-refractivity contribution in [3.05, 3.63) is 65.5 Å². The van der Waals surface area contributed by atoms with Crippen LogP contribution < -0.4 is 5.32 Å². The van der Waals surface area contributed by atoms with Crippen molar-refractivity contribution in [3.63, 3.8) is 0 Å². The van der Waals surface area contributed by atoms with E-state index in [4.69, 9.17) is 0 Å². The first-order valence-electron chi connectivity index (χ1n) is 6.39. The van der Waals surface area contributed by atoms with Crippen LogP contribution in [0.25, 0.3) is 0 Å². The summed E-state index contributed by atoms with van der Waals surface area (Å²) in [7, 11) is 2.02. The van der Waals surface area contributed by atoms with Crippen molar-refractivity contribution in [1.29, 1.82) is 0 Å². The van der Waals surface area contributed by atoms with Crippen LogP contribution in [0.1, 0.15) is 16.7 Å². The van der Waals surface area contributed by atoms with E-state index in [0.29, 0.717) is 6.04 Å². The zero-order valence-electron chi connectivity index (χ0n) is 11.1. The predicted octanol–water partition coefficient (Wildman–Crippen LogP) is 2.76. The van der Waals surface area contributed by atoms with Gasteiger partial charge in [-0.15, -0.1) is 0 Å². The van der Waals surface area contributed by atoms with Crippen molar-refractivity contribution >= 4 is 0 Å². The normalized spacial score (nSPS) is 12.3. The van der Waals surface area contributed by atoms with E-state index in [2.05, 4.69) is 47.6 Å². The highest BCUT2D eigenvalue weighted by Gasteiger charge is 2.08. The second kappa shape index (κ2) is 6.31. The molecule has 0 fully saturated rings. The summed E-state index contributed by atoms with van der Waals surface area (Å²) in [6.07, 6.45) is 5.82. The Hall–Kier alpha value is -1.67. The Morgan fingerprint density at radius 3 is 2.39 bits per heavy atom. The van der Waals surface area contributed by atoms with Crippen LogP contribution in [0.5, 0.6) is 0 Å². The molecule has 0 spiro atoms. The highest BCUT2D eigenvalue weighted by atomic mass is 14.9. The average Bonchev–Trinajstić information content (AvgIpc) is 2.41. The fourth-order valence-electron chi connectivity index (χ4n) is 2.09. The molecule has 1 unspecified atom stereocenters. The topological polar surface area (TPSA) is 24.9 Å². The van der Waals surface area contributed by atoms with Crippen molar-refractivity contribution in [2.24, 2.45) is 0 Å². The second-order valence-electron chi connectivity index (χ2n) is 4.74. The van der Waals surface area contributed by atoms with Gasteiger partial charge in [0.25, 0.3) is 0 Å². The molecule has 2 rings (SSSR count). The Balaban J connectivity index is 1.99. The molecule has 0 saturated heterocycles. The number of pyridine rings is 1. The monoisotopic (exact) mass is 240 g/mol. The van der Waals surface area contributed by atoms with Crippen LogP contribution in [0.4, 0.5) is 0 Å². The number of nitrogens with one attached hydrogen (secondary N) is 1. The van der Waals surface area contributed by atoms with Crippen LogP contribution in [0.15, 0.2) is 48.8 Å². The van der Waals surface area contributed by atoms with Crippen molar-refractivity contribution in [2.45, 2.75) is 25.8 Å². The maximum absolute atomic E-state index is 4.16. The molecule has 1 aromatic heterocycles. The molecule has 0 aliphatic heterocycles. The fraction of sp³-hybridized carbons (Fsp3) is 0.312. The van der Waals surface area contributed by atoms with Gasteiger partial charge in [0.2, 0.25) is 0 Å². The van der Waals surface area contributed by atoms with Crippen molar-refractivity contribution in [1.82, 2.24) is 10.3 Å². The van der Waals surface area contributed by atoms with Crippen LogP contribution >= 0.6 is 0 Å². The van der Waals surface area contributed by atoms with Crippen LogP contribution in [0, 0.1) is 6.92 Å². The van der Waals surface area contributed by atoms with Crippen molar-refractivity contribution < 1.29 is 0 Å². The van der Waals surface area contributed by atoms with E-state index in [1.807, 2.05) is 25.5 Å². The van der Waals surface area contributed by atoms with E-state index in [-0.39, 0.29) is 0 Å². The van der Waals surface area contributed by atoms with E-state index in [1.165, 1.54) is 16.7 Å². The van der Waals surface area contributed by atoms with Gasteiger partial charge in [-0.25, -0.2) is 0 Å². The third kappa shape index (κ3) is 3.67. The summed E-state index contributed by atoms with van der Waals surface area (Å²) < 4.78 is 0. The molecule has 2 heteroatoms. The van der Waals surface area contributed by atoms with Gasteiger partial charge in [-0.2, -0.15) is 0 Å². The zero-order chi connectivity index (χ0) is 12.8. The average molecular weight is 240 g/mol. The van der Waals surface area contributed by atoms with E-state index in [9.17, 15) is 0 Å². The summed E-state index contributed by atoms with van der Waals surface area (Å²) in [5, 5.41) is 3.39. The fourth-order valence-corrected chi connectivity index (χ4v) is 2.09. The first kappa shape index (κ1) is 12.8.